The Balaban J connectivity index is 0.814. The number of pyridine rings is 1. The first-order valence-corrected chi connectivity index (χ1v) is 25.7. The maximum atomic E-state index is 5.29. The summed E-state index contributed by atoms with van der Waals surface area (Å²) < 4.78 is 4.82. The van der Waals surface area contributed by atoms with Crippen LogP contribution in [0.5, 0.6) is 0 Å². The molecule has 3 atom stereocenters. The third kappa shape index (κ3) is 7.87. The Hall–Kier alpha value is -9.12. The van der Waals surface area contributed by atoms with E-state index in [1.54, 1.807) is 0 Å². The van der Waals surface area contributed by atoms with Gasteiger partial charge >= 0.3 is 0 Å². The maximum absolute atomic E-state index is 5.29. The Morgan fingerprint density at radius 3 is 1.82 bits per heavy atom. The molecular weight excluding hydrogens is 909 g/mol. The molecule has 4 N–H and O–H groups in total. The molecule has 10 heteroatoms. The van der Waals surface area contributed by atoms with Crippen molar-refractivity contribution < 1.29 is 0 Å². The van der Waals surface area contributed by atoms with E-state index < -0.39 is 0 Å². The molecule has 0 saturated heterocycles. The summed E-state index contributed by atoms with van der Waals surface area (Å²) in [5, 5.41) is 17.4. The second kappa shape index (κ2) is 18.5. The van der Waals surface area contributed by atoms with Crippen LogP contribution in [0.3, 0.4) is 0 Å². The van der Waals surface area contributed by atoms with Gasteiger partial charge in [0.2, 0.25) is 0 Å². The smallest absolute Gasteiger partial charge is 0.159 e. The number of fused-ring (bicyclic) bond motifs is 6. The van der Waals surface area contributed by atoms with E-state index in [1.807, 2.05) is 42.6 Å². The first kappa shape index (κ1) is 43.7. The monoisotopic (exact) mass is 960 g/mol. The van der Waals surface area contributed by atoms with Crippen molar-refractivity contribution in [2.45, 2.75) is 44.2 Å². The van der Waals surface area contributed by atoms with Crippen molar-refractivity contribution in [2.75, 3.05) is 6.54 Å². The number of nitrogens with zero attached hydrogens (tertiary/aromatic N) is 6. The lowest BCUT2D eigenvalue weighted by atomic mass is 9.97. The van der Waals surface area contributed by atoms with Crippen molar-refractivity contribution in [1.29, 1.82) is 0 Å². The summed E-state index contributed by atoms with van der Waals surface area (Å²) in [6, 6.07) is 59.8. The van der Waals surface area contributed by atoms with Crippen LogP contribution in [0.25, 0.3) is 56.7 Å². The molecule has 5 aliphatic rings. The zero-order valence-electron chi connectivity index (χ0n) is 40.7. The van der Waals surface area contributed by atoms with Gasteiger partial charge in [0.05, 0.1) is 11.0 Å². The standard InChI is InChI=1S/C64H52N10/c1-5-17-41(18-6-1)59-67-60(42-19-7-2-8-20-42)70-63(69-59)47-33-35-65-57(39-47)73-53-27-15-13-25-49(53)51-37-45(29-31-55(51)73)46-30-32-56-52(38-46)50-26-14-16-28-54(50)74(56)58-40-48(34-36-66-58)64-71-61(43-21-9-3-10-22-43)68-62(72-64)44-23-11-4-12-24-44/h1-14,17-26,29-35,37-40,61-63,66,68H,15-16,27-28,36H2,(H,71,72)(H,67,69,70). The summed E-state index contributed by atoms with van der Waals surface area (Å²) in [5.41, 5.74) is 16.2. The van der Waals surface area contributed by atoms with Crippen LogP contribution >= 0.6 is 0 Å². The second-order valence-electron chi connectivity index (χ2n) is 19.4. The lowest BCUT2D eigenvalue weighted by Gasteiger charge is -2.33. The van der Waals surface area contributed by atoms with Crippen LogP contribution < -0.4 is 21.3 Å². The van der Waals surface area contributed by atoms with E-state index in [9.17, 15) is 0 Å². The van der Waals surface area contributed by atoms with Crippen LogP contribution in [0.1, 0.15) is 81.7 Å². The summed E-state index contributed by atoms with van der Waals surface area (Å²) in [6.07, 6.45) is 18.9. The van der Waals surface area contributed by atoms with Crippen LogP contribution in [-0.2, 0) is 12.8 Å². The molecule has 0 saturated carbocycles. The molecule has 6 heterocycles. The van der Waals surface area contributed by atoms with Crippen molar-refractivity contribution in [3.63, 3.8) is 0 Å². The number of amidine groups is 3. The van der Waals surface area contributed by atoms with E-state index in [4.69, 9.17) is 20.0 Å². The highest BCUT2D eigenvalue weighted by atomic mass is 15.3. The highest BCUT2D eigenvalue weighted by Gasteiger charge is 2.29. The number of aromatic nitrogens is 3. The van der Waals surface area contributed by atoms with Crippen LogP contribution in [0.4, 0.5) is 0 Å². The van der Waals surface area contributed by atoms with Gasteiger partial charge in [0.15, 0.2) is 5.84 Å². The first-order chi connectivity index (χ1) is 36.7. The number of benzene rings is 6. The molecule has 14 rings (SSSR count). The lowest BCUT2D eigenvalue weighted by Crippen LogP contribution is -2.45. The highest BCUT2D eigenvalue weighted by molar-refractivity contribution is 6.13. The van der Waals surface area contributed by atoms with Crippen LogP contribution in [0, 0.1) is 0 Å². The zero-order chi connectivity index (χ0) is 49.0. The number of allylic oxidation sites excluding steroid dienone is 2. The number of nitrogens with one attached hydrogen (secondary N) is 4. The minimum absolute atomic E-state index is 0.106. The fourth-order valence-electron chi connectivity index (χ4n) is 11.3. The summed E-state index contributed by atoms with van der Waals surface area (Å²) in [5.74, 6) is 4.30. The molecule has 358 valence electrons. The third-order valence-electron chi connectivity index (χ3n) is 14.9. The van der Waals surface area contributed by atoms with Crippen molar-refractivity contribution >= 4 is 57.3 Å². The van der Waals surface area contributed by atoms with E-state index in [-0.39, 0.29) is 18.5 Å². The number of hydrogen-bond acceptors (Lipinski definition) is 8. The number of rotatable bonds is 9. The fraction of sp³-hybridized carbons (Fsp3) is 0.125. The van der Waals surface area contributed by atoms with Gasteiger partial charge < -0.3 is 16.0 Å². The van der Waals surface area contributed by atoms with E-state index >= 15 is 0 Å². The predicted molar refractivity (Wildman–Crippen MR) is 301 cm³/mol. The molecule has 0 spiro atoms. The number of hydrogen-bond donors (Lipinski definition) is 4. The summed E-state index contributed by atoms with van der Waals surface area (Å²) >= 11 is 0. The van der Waals surface area contributed by atoms with E-state index in [2.05, 4.69) is 200 Å². The van der Waals surface area contributed by atoms with Gasteiger partial charge in [-0.3, -0.25) is 14.5 Å². The van der Waals surface area contributed by atoms with Crippen molar-refractivity contribution in [1.82, 2.24) is 35.4 Å². The quantitative estimate of drug-likeness (QED) is 0.115. The van der Waals surface area contributed by atoms with Gasteiger partial charge in [0.25, 0.3) is 0 Å². The fourth-order valence-corrected chi connectivity index (χ4v) is 11.3. The lowest BCUT2D eigenvalue weighted by molar-refractivity contribution is 0.409. The second-order valence-corrected chi connectivity index (χ2v) is 19.4. The van der Waals surface area contributed by atoms with Gasteiger partial charge in [-0.15, -0.1) is 0 Å². The van der Waals surface area contributed by atoms with Gasteiger partial charge in [-0.2, -0.15) is 0 Å². The molecule has 10 nitrogen and oxygen atoms in total. The van der Waals surface area contributed by atoms with Gasteiger partial charge in [0, 0.05) is 68.3 Å². The maximum Gasteiger partial charge on any atom is 0.159 e. The summed E-state index contributed by atoms with van der Waals surface area (Å²) in [6.45, 7) is 0.687. The molecule has 74 heavy (non-hydrogen) atoms. The molecular formula is C64H52N10. The van der Waals surface area contributed by atoms with Crippen molar-refractivity contribution in [3.05, 3.63) is 256 Å². The molecule has 9 aromatic rings. The Morgan fingerprint density at radius 1 is 0.514 bits per heavy atom. The molecule has 0 amide bonds. The van der Waals surface area contributed by atoms with Gasteiger partial charge in [-0.05, 0) is 90.4 Å². The van der Waals surface area contributed by atoms with Crippen molar-refractivity contribution in [3.8, 4) is 16.9 Å². The normalized spacial score (nSPS) is 19.0. The number of dihydropyridines is 1. The van der Waals surface area contributed by atoms with E-state index in [1.165, 1.54) is 49.9 Å². The van der Waals surface area contributed by atoms with Gasteiger partial charge in [0.1, 0.15) is 41.8 Å². The Kier molecular flexibility index (Phi) is 10.9. The van der Waals surface area contributed by atoms with Gasteiger partial charge in [-0.1, -0.05) is 164 Å². The van der Waals surface area contributed by atoms with Crippen molar-refractivity contribution in [2.24, 2.45) is 15.0 Å². The zero-order valence-corrected chi connectivity index (χ0v) is 40.7. The molecule has 2 aliphatic carbocycles. The van der Waals surface area contributed by atoms with Crippen LogP contribution in [0.15, 0.2) is 221 Å². The minimum atomic E-state index is -0.362. The summed E-state index contributed by atoms with van der Waals surface area (Å²) in [7, 11) is 0. The van der Waals surface area contributed by atoms with E-state index in [0.717, 1.165) is 87.9 Å². The molecule has 3 aromatic heterocycles. The molecule has 3 unspecified atom stereocenters. The Labute approximate surface area is 429 Å². The highest BCUT2D eigenvalue weighted by Crippen LogP contribution is 2.40. The largest absolute Gasteiger partial charge is 0.368 e. The Morgan fingerprint density at radius 2 is 1.14 bits per heavy atom. The average molecular weight is 961 g/mol. The predicted octanol–water partition coefficient (Wildman–Crippen LogP) is 12.4. The Bertz CT molecular complexity index is 3870. The molecule has 6 aromatic carbocycles. The third-order valence-corrected chi connectivity index (χ3v) is 14.9. The number of aliphatic imine (C=N–C) groups is 3. The SMILES string of the molecule is C1=Cc2c(n(C3=CC(C4=NC(c5ccccc5)NC(c5ccccc5)N4)=CCN3)c3ccc(-c4ccc5c(c4)c4c(n5-c5cc(C6N=C(c7ccccc7)N=C(c7ccccc7)N6)ccn5)CCC=C4)cc23)CC1. The molecule has 0 bridgehead atoms. The first-order valence-electron chi connectivity index (χ1n) is 25.7. The van der Waals surface area contributed by atoms with Crippen LogP contribution in [-0.4, -0.2) is 38.2 Å². The van der Waals surface area contributed by atoms with E-state index in [0.29, 0.717) is 12.4 Å². The minimum Gasteiger partial charge on any atom is -0.368 e. The molecule has 0 radical (unpaired) electrons. The summed E-state index contributed by atoms with van der Waals surface area (Å²) in [4.78, 5) is 20.5. The topological polar surface area (TPSA) is 108 Å². The van der Waals surface area contributed by atoms with Gasteiger partial charge in [-0.25, -0.2) is 20.0 Å². The average Bonchev–Trinajstić information content (AvgIpc) is 4.01. The molecule has 0 fully saturated rings. The molecule has 3 aliphatic heterocycles. The van der Waals surface area contributed by atoms with Crippen LogP contribution in [0.2, 0.25) is 0 Å².